The summed E-state index contributed by atoms with van der Waals surface area (Å²) in [4.78, 5) is 0.226. The fourth-order valence-electron chi connectivity index (χ4n) is 3.41. The van der Waals surface area contributed by atoms with Gasteiger partial charge in [-0.05, 0) is 35.5 Å². The van der Waals surface area contributed by atoms with Gasteiger partial charge >= 0.3 is 0 Å². The largest absolute Gasteiger partial charge is 0.352 e. The van der Waals surface area contributed by atoms with E-state index in [1.165, 1.54) is 4.31 Å². The Morgan fingerprint density at radius 1 is 0.741 bits per heavy atom. The maximum Gasteiger partial charge on any atom is 0.266 e. The Hall–Kier alpha value is -2.70. The highest BCUT2D eigenvalue weighted by molar-refractivity contribution is 7.91. The monoisotopic (exact) mass is 394 g/mol. The maximum atomic E-state index is 13.4. The molecule has 0 amide bonds. The number of nitrogens with zero attached hydrogens (tertiary/aromatic N) is 1. The molecule has 6 heteroatoms. The number of sulfonamides is 1. The SMILES string of the molecule is O=S(=O)(c1ccccc1)N1C(=S)NC(c2ccccc2)C1c1ccccc1. The first kappa shape index (κ1) is 17.7. The maximum absolute atomic E-state index is 13.4. The Bertz CT molecular complexity index is 1040. The highest BCUT2D eigenvalue weighted by Crippen LogP contribution is 2.42. The van der Waals surface area contributed by atoms with E-state index in [2.05, 4.69) is 5.32 Å². The van der Waals surface area contributed by atoms with Gasteiger partial charge in [-0.3, -0.25) is 0 Å². The van der Waals surface area contributed by atoms with Crippen molar-refractivity contribution in [1.82, 2.24) is 9.62 Å². The molecule has 1 saturated heterocycles. The van der Waals surface area contributed by atoms with Gasteiger partial charge in [-0.15, -0.1) is 0 Å². The Balaban J connectivity index is 1.86. The van der Waals surface area contributed by atoms with E-state index < -0.39 is 16.1 Å². The van der Waals surface area contributed by atoms with Crippen molar-refractivity contribution >= 4 is 27.4 Å². The first-order valence-corrected chi connectivity index (χ1v) is 10.4. The van der Waals surface area contributed by atoms with Gasteiger partial charge in [0.05, 0.1) is 17.0 Å². The molecule has 0 aromatic heterocycles. The first-order chi connectivity index (χ1) is 13.1. The summed E-state index contributed by atoms with van der Waals surface area (Å²) in [5, 5.41) is 3.43. The Morgan fingerprint density at radius 2 is 1.22 bits per heavy atom. The molecule has 3 aromatic rings. The predicted octanol–water partition coefficient (Wildman–Crippen LogP) is 4.05. The van der Waals surface area contributed by atoms with Gasteiger partial charge < -0.3 is 5.32 Å². The molecule has 1 N–H and O–H groups in total. The van der Waals surface area contributed by atoms with Crippen molar-refractivity contribution in [1.29, 1.82) is 0 Å². The molecule has 4 rings (SSSR count). The molecule has 0 bridgehead atoms. The normalized spacial score (nSPS) is 19.7. The van der Waals surface area contributed by atoms with Crippen molar-refractivity contribution in [2.75, 3.05) is 0 Å². The van der Waals surface area contributed by atoms with Crippen molar-refractivity contribution in [3.05, 3.63) is 102 Å². The molecule has 2 unspecified atom stereocenters. The molecular formula is C21H18N2O2S2. The average Bonchev–Trinajstić information content (AvgIpc) is 3.08. The second kappa shape index (κ2) is 7.13. The third kappa shape index (κ3) is 3.22. The lowest BCUT2D eigenvalue weighted by Gasteiger charge is -2.27. The van der Waals surface area contributed by atoms with Gasteiger partial charge in [0, 0.05) is 0 Å². The quantitative estimate of drug-likeness (QED) is 0.679. The molecule has 0 radical (unpaired) electrons. The third-order valence-electron chi connectivity index (χ3n) is 4.65. The second-order valence-electron chi connectivity index (χ2n) is 6.31. The highest BCUT2D eigenvalue weighted by atomic mass is 32.2. The molecule has 0 spiro atoms. The van der Waals surface area contributed by atoms with Crippen LogP contribution in [0.1, 0.15) is 23.2 Å². The van der Waals surface area contributed by atoms with E-state index in [9.17, 15) is 8.42 Å². The fourth-order valence-corrected chi connectivity index (χ4v) is 5.48. The van der Waals surface area contributed by atoms with Crippen LogP contribution in [0.2, 0.25) is 0 Å². The van der Waals surface area contributed by atoms with Crippen LogP contribution in [0.3, 0.4) is 0 Å². The topological polar surface area (TPSA) is 49.4 Å². The molecule has 4 nitrogen and oxygen atoms in total. The van der Waals surface area contributed by atoms with Gasteiger partial charge in [0.25, 0.3) is 10.0 Å². The van der Waals surface area contributed by atoms with E-state index in [-0.39, 0.29) is 16.0 Å². The summed E-state index contributed by atoms with van der Waals surface area (Å²) in [5.74, 6) is 0. The van der Waals surface area contributed by atoms with E-state index in [0.717, 1.165) is 11.1 Å². The lowest BCUT2D eigenvalue weighted by molar-refractivity contribution is 0.424. The fraction of sp³-hybridized carbons (Fsp3) is 0.0952. The van der Waals surface area contributed by atoms with Crippen LogP contribution in [0.5, 0.6) is 0 Å². The predicted molar refractivity (Wildman–Crippen MR) is 110 cm³/mol. The van der Waals surface area contributed by atoms with Gasteiger partial charge in [-0.25, -0.2) is 12.7 Å². The van der Waals surface area contributed by atoms with Crippen molar-refractivity contribution in [2.45, 2.75) is 17.0 Å². The van der Waals surface area contributed by atoms with E-state index >= 15 is 0 Å². The van der Waals surface area contributed by atoms with Crippen molar-refractivity contribution < 1.29 is 8.42 Å². The van der Waals surface area contributed by atoms with Crippen molar-refractivity contribution in [3.8, 4) is 0 Å². The number of hydrogen-bond donors (Lipinski definition) is 1. The smallest absolute Gasteiger partial charge is 0.266 e. The van der Waals surface area contributed by atoms with Gasteiger partial charge in [0.15, 0.2) is 5.11 Å². The van der Waals surface area contributed by atoms with Gasteiger partial charge in [-0.1, -0.05) is 78.9 Å². The molecule has 2 atom stereocenters. The number of hydrogen-bond acceptors (Lipinski definition) is 3. The lowest BCUT2D eigenvalue weighted by atomic mass is 9.95. The highest BCUT2D eigenvalue weighted by Gasteiger charge is 2.45. The Kier molecular flexibility index (Phi) is 4.68. The van der Waals surface area contributed by atoms with Crippen LogP contribution in [0, 0.1) is 0 Å². The zero-order chi connectivity index (χ0) is 18.9. The Morgan fingerprint density at radius 3 is 1.78 bits per heavy atom. The number of thiocarbonyl (C=S) groups is 1. The summed E-state index contributed by atoms with van der Waals surface area (Å²) >= 11 is 5.48. The second-order valence-corrected chi connectivity index (χ2v) is 8.51. The average molecular weight is 395 g/mol. The van der Waals surface area contributed by atoms with Crippen LogP contribution in [0.15, 0.2) is 95.9 Å². The molecule has 1 aliphatic heterocycles. The van der Waals surface area contributed by atoms with E-state index in [1.54, 1.807) is 30.3 Å². The molecule has 27 heavy (non-hydrogen) atoms. The molecular weight excluding hydrogens is 376 g/mol. The molecule has 3 aromatic carbocycles. The zero-order valence-corrected chi connectivity index (χ0v) is 16.0. The van der Waals surface area contributed by atoms with Crippen LogP contribution in [0.4, 0.5) is 0 Å². The minimum atomic E-state index is -3.80. The molecule has 0 aliphatic carbocycles. The van der Waals surface area contributed by atoms with Crippen LogP contribution in [-0.2, 0) is 10.0 Å². The van der Waals surface area contributed by atoms with E-state index in [4.69, 9.17) is 12.2 Å². The van der Waals surface area contributed by atoms with Crippen LogP contribution in [0.25, 0.3) is 0 Å². The van der Waals surface area contributed by atoms with E-state index in [1.807, 2.05) is 60.7 Å². The van der Waals surface area contributed by atoms with Gasteiger partial charge in [0.1, 0.15) is 0 Å². The van der Waals surface area contributed by atoms with Crippen molar-refractivity contribution in [3.63, 3.8) is 0 Å². The number of nitrogens with one attached hydrogen (secondary N) is 1. The van der Waals surface area contributed by atoms with E-state index in [0.29, 0.717) is 0 Å². The lowest BCUT2D eigenvalue weighted by Crippen LogP contribution is -2.35. The van der Waals surface area contributed by atoms with Crippen molar-refractivity contribution in [2.24, 2.45) is 0 Å². The summed E-state index contributed by atoms with van der Waals surface area (Å²) in [6.45, 7) is 0. The Labute approximate surface area is 164 Å². The number of rotatable bonds is 4. The minimum absolute atomic E-state index is 0.210. The first-order valence-electron chi connectivity index (χ1n) is 8.59. The van der Waals surface area contributed by atoms with Crippen LogP contribution >= 0.6 is 12.2 Å². The standard InChI is InChI=1S/C21H18N2O2S2/c24-27(25,18-14-8-3-9-15-18)23-20(17-12-6-2-7-13-17)19(22-21(23)26)16-10-4-1-5-11-16/h1-15,19-20H,(H,22,26). The molecule has 0 saturated carbocycles. The summed E-state index contributed by atoms with van der Waals surface area (Å²) in [7, 11) is -3.80. The molecule has 136 valence electrons. The molecule has 1 heterocycles. The van der Waals surface area contributed by atoms with Crippen LogP contribution < -0.4 is 5.32 Å². The summed E-state index contributed by atoms with van der Waals surface area (Å²) in [5.41, 5.74) is 1.87. The van der Waals surface area contributed by atoms with Gasteiger partial charge in [-0.2, -0.15) is 0 Å². The minimum Gasteiger partial charge on any atom is -0.352 e. The van der Waals surface area contributed by atoms with Gasteiger partial charge in [0.2, 0.25) is 0 Å². The number of benzene rings is 3. The summed E-state index contributed by atoms with van der Waals surface area (Å²) in [6, 6.07) is 27.1. The molecule has 1 fully saturated rings. The summed E-state index contributed by atoms with van der Waals surface area (Å²) in [6.07, 6.45) is 0. The zero-order valence-electron chi connectivity index (χ0n) is 14.4. The third-order valence-corrected chi connectivity index (χ3v) is 6.87. The molecule has 1 aliphatic rings. The van der Waals surface area contributed by atoms with Crippen LogP contribution in [-0.4, -0.2) is 17.8 Å². The summed E-state index contributed by atoms with van der Waals surface area (Å²) < 4.78 is 28.1.